The highest BCUT2D eigenvalue weighted by atomic mass is 35.5. The number of nitrogens with two attached hydrogens (primary N) is 1. The molecule has 4 aromatic rings. The average molecular weight is 494 g/mol. The molecule has 178 valence electrons. The summed E-state index contributed by atoms with van der Waals surface area (Å²) >= 11 is 6.23. The molecule has 0 spiro atoms. The molecule has 0 radical (unpaired) electrons. The van der Waals surface area contributed by atoms with Crippen molar-refractivity contribution in [2.24, 2.45) is 5.41 Å². The summed E-state index contributed by atoms with van der Waals surface area (Å²) in [6.45, 7) is 12.5. The number of aromatic nitrogens is 4. The molecule has 34 heavy (non-hydrogen) atoms. The Labute approximate surface area is 207 Å². The first-order valence-electron chi connectivity index (χ1n) is 11.4. The predicted molar refractivity (Wildman–Crippen MR) is 142 cm³/mol. The molecule has 6 nitrogen and oxygen atoms in total. The van der Waals surface area contributed by atoms with Crippen molar-refractivity contribution < 1.29 is 4.43 Å². The zero-order valence-electron chi connectivity index (χ0n) is 20.4. The van der Waals surface area contributed by atoms with E-state index in [9.17, 15) is 0 Å². The number of imidazole rings is 1. The van der Waals surface area contributed by atoms with Crippen molar-refractivity contribution >= 4 is 47.4 Å². The predicted octanol–water partition coefficient (Wildman–Crippen LogP) is 4.66. The molecule has 0 amide bonds. The van der Waals surface area contributed by atoms with E-state index in [2.05, 4.69) is 110 Å². The van der Waals surface area contributed by atoms with Crippen LogP contribution in [0.3, 0.4) is 0 Å². The number of benzene rings is 2. The molecule has 0 unspecified atom stereocenters. The minimum Gasteiger partial charge on any atom is -0.407 e. The summed E-state index contributed by atoms with van der Waals surface area (Å²) in [6.07, 6.45) is 1.75. The smallest absolute Gasteiger partial charge is 0.261 e. The van der Waals surface area contributed by atoms with E-state index in [0.29, 0.717) is 24.3 Å². The monoisotopic (exact) mass is 493 g/mol. The van der Waals surface area contributed by atoms with E-state index in [0.717, 1.165) is 0 Å². The molecule has 0 aliphatic carbocycles. The lowest BCUT2D eigenvalue weighted by atomic mass is 9.95. The highest BCUT2D eigenvalue weighted by Crippen LogP contribution is 2.38. The van der Waals surface area contributed by atoms with Crippen molar-refractivity contribution in [3.05, 3.63) is 72.1 Å². The van der Waals surface area contributed by atoms with Gasteiger partial charge in [0.25, 0.3) is 8.32 Å². The van der Waals surface area contributed by atoms with Gasteiger partial charge in [-0.15, -0.1) is 0 Å². The number of anilines is 1. The number of hydrogen-bond donors (Lipinski definition) is 1. The van der Waals surface area contributed by atoms with Gasteiger partial charge in [0, 0.05) is 18.6 Å². The van der Waals surface area contributed by atoms with Crippen LogP contribution in [0.1, 0.15) is 34.6 Å². The van der Waals surface area contributed by atoms with E-state index in [1.807, 2.05) is 4.57 Å². The van der Waals surface area contributed by atoms with Gasteiger partial charge in [0.2, 0.25) is 5.95 Å². The Bertz CT molecular complexity index is 1230. The van der Waals surface area contributed by atoms with Crippen LogP contribution >= 0.6 is 11.6 Å². The van der Waals surface area contributed by atoms with Gasteiger partial charge in [-0.1, -0.05) is 107 Å². The summed E-state index contributed by atoms with van der Waals surface area (Å²) in [5.41, 5.74) is 6.82. The van der Waals surface area contributed by atoms with E-state index in [1.54, 1.807) is 6.33 Å². The summed E-state index contributed by atoms with van der Waals surface area (Å²) in [7, 11) is -2.62. The Hall–Kier alpha value is -2.74. The van der Waals surface area contributed by atoms with Crippen LogP contribution in [0.15, 0.2) is 67.0 Å². The van der Waals surface area contributed by atoms with Crippen LogP contribution in [0.5, 0.6) is 0 Å². The lowest BCUT2D eigenvalue weighted by molar-refractivity contribution is 0.151. The molecule has 0 bridgehead atoms. The summed E-state index contributed by atoms with van der Waals surface area (Å²) in [5.74, 6) is 0.139. The molecule has 4 rings (SSSR count). The Morgan fingerprint density at radius 2 is 1.47 bits per heavy atom. The maximum absolute atomic E-state index is 7.16. The van der Waals surface area contributed by atoms with Gasteiger partial charge in [-0.2, -0.15) is 9.97 Å². The van der Waals surface area contributed by atoms with Gasteiger partial charge in [-0.3, -0.25) is 0 Å². The van der Waals surface area contributed by atoms with E-state index < -0.39 is 8.32 Å². The second-order valence-corrected chi connectivity index (χ2v) is 15.2. The second-order valence-electron chi connectivity index (χ2n) is 10.5. The van der Waals surface area contributed by atoms with Crippen LogP contribution in [-0.2, 0) is 11.0 Å². The summed E-state index contributed by atoms with van der Waals surface area (Å²) in [5, 5.41) is 2.72. The largest absolute Gasteiger partial charge is 0.407 e. The highest BCUT2D eigenvalue weighted by molar-refractivity contribution is 6.99. The number of halogens is 1. The quantitative estimate of drug-likeness (QED) is 0.299. The van der Waals surface area contributed by atoms with Crippen molar-refractivity contribution in [1.29, 1.82) is 0 Å². The van der Waals surface area contributed by atoms with Gasteiger partial charge >= 0.3 is 0 Å². The molecule has 0 fully saturated rings. The number of hydrogen-bond acceptors (Lipinski definition) is 5. The highest BCUT2D eigenvalue weighted by Gasteiger charge is 2.50. The molecular weight excluding hydrogens is 462 g/mol. The second kappa shape index (κ2) is 9.13. The molecule has 0 aliphatic heterocycles. The van der Waals surface area contributed by atoms with Gasteiger partial charge in [-0.05, 0) is 15.4 Å². The maximum Gasteiger partial charge on any atom is 0.261 e. The molecule has 2 N–H and O–H groups in total. The zero-order chi connectivity index (χ0) is 24.6. The van der Waals surface area contributed by atoms with Crippen LogP contribution in [-0.4, -0.2) is 34.4 Å². The Morgan fingerprint density at radius 1 is 0.912 bits per heavy atom. The van der Waals surface area contributed by atoms with Gasteiger partial charge in [0.1, 0.15) is 5.52 Å². The fourth-order valence-electron chi connectivity index (χ4n) is 4.61. The minimum absolute atomic E-state index is 0.0807. The molecule has 8 heteroatoms. The lowest BCUT2D eigenvalue weighted by Gasteiger charge is -2.44. The van der Waals surface area contributed by atoms with Gasteiger partial charge in [0.15, 0.2) is 10.8 Å². The molecule has 0 aliphatic rings. The van der Waals surface area contributed by atoms with Crippen LogP contribution in [0.25, 0.3) is 11.2 Å². The first kappa shape index (κ1) is 24.4. The third-order valence-electron chi connectivity index (χ3n) is 6.13. The SMILES string of the molecule is CC(C)(CO[Si](c1ccccc1)(c1ccccc1)C(C)(C)C)Cn1cnc2c(Cl)nc(N)nc21. The average Bonchev–Trinajstić information content (AvgIpc) is 3.17. The lowest BCUT2D eigenvalue weighted by Crippen LogP contribution is -2.67. The number of rotatable bonds is 7. The van der Waals surface area contributed by atoms with Crippen molar-refractivity contribution in [1.82, 2.24) is 19.5 Å². The molecule has 0 atom stereocenters. The number of nitrogens with zero attached hydrogens (tertiary/aromatic N) is 4. The third kappa shape index (κ3) is 4.60. The fourth-order valence-corrected chi connectivity index (χ4v) is 9.60. The van der Waals surface area contributed by atoms with Crippen molar-refractivity contribution in [3.8, 4) is 0 Å². The van der Waals surface area contributed by atoms with Crippen molar-refractivity contribution in [3.63, 3.8) is 0 Å². The first-order valence-corrected chi connectivity index (χ1v) is 13.7. The Morgan fingerprint density at radius 3 is 2.00 bits per heavy atom. The molecular formula is C26H32ClN5OSi. The van der Waals surface area contributed by atoms with E-state index in [1.165, 1.54) is 10.4 Å². The Kier molecular flexibility index (Phi) is 6.55. The van der Waals surface area contributed by atoms with E-state index >= 15 is 0 Å². The van der Waals surface area contributed by atoms with Crippen molar-refractivity contribution in [2.75, 3.05) is 12.3 Å². The summed E-state index contributed by atoms with van der Waals surface area (Å²) in [6, 6.07) is 21.4. The molecule has 2 heterocycles. The fraction of sp³-hybridized carbons (Fsp3) is 0.346. The van der Waals surface area contributed by atoms with E-state index in [-0.39, 0.29) is 21.6 Å². The number of nitrogen functional groups attached to an aromatic ring is 1. The normalized spacial score (nSPS) is 12.9. The molecule has 0 saturated heterocycles. The standard InChI is InChI=1S/C26H32ClN5OSi/c1-25(2,3)34(19-12-8-6-9-13-19,20-14-10-7-11-15-20)33-17-26(4,5)16-32-18-29-21-22(27)30-24(28)31-23(21)32/h6-15,18H,16-17H2,1-5H3,(H2,28,30,31). The Balaban J connectivity index is 1.70. The van der Waals surface area contributed by atoms with E-state index in [4.69, 9.17) is 21.8 Å². The van der Waals surface area contributed by atoms with Gasteiger partial charge in [0.05, 0.1) is 6.33 Å². The summed E-state index contributed by atoms with van der Waals surface area (Å²) < 4.78 is 9.14. The topological polar surface area (TPSA) is 78.8 Å². The zero-order valence-corrected chi connectivity index (χ0v) is 22.2. The van der Waals surface area contributed by atoms with Gasteiger partial charge < -0.3 is 14.7 Å². The third-order valence-corrected chi connectivity index (χ3v) is 11.4. The minimum atomic E-state index is -2.62. The molecule has 2 aromatic carbocycles. The molecule has 0 saturated carbocycles. The van der Waals surface area contributed by atoms with Gasteiger partial charge in [-0.25, -0.2) is 4.98 Å². The first-order chi connectivity index (χ1) is 16.0. The van der Waals surface area contributed by atoms with Crippen LogP contribution < -0.4 is 16.1 Å². The van der Waals surface area contributed by atoms with Crippen LogP contribution in [0.2, 0.25) is 10.2 Å². The van der Waals surface area contributed by atoms with Crippen molar-refractivity contribution in [2.45, 2.75) is 46.2 Å². The summed E-state index contributed by atoms with van der Waals surface area (Å²) in [4.78, 5) is 12.8. The molecule has 2 aromatic heterocycles. The number of fused-ring (bicyclic) bond motifs is 1. The van der Waals surface area contributed by atoms with Crippen LogP contribution in [0, 0.1) is 5.41 Å². The van der Waals surface area contributed by atoms with Crippen LogP contribution in [0.4, 0.5) is 5.95 Å². The maximum atomic E-state index is 7.16.